The van der Waals surface area contributed by atoms with Crippen molar-refractivity contribution in [2.75, 3.05) is 72.5 Å². The number of aromatic nitrogens is 5. The molecule has 0 saturated carbocycles. The number of piperidine rings is 5. The van der Waals surface area contributed by atoms with Crippen LogP contribution in [0.5, 0.6) is 28.7 Å². The lowest BCUT2D eigenvalue weighted by Gasteiger charge is -2.28. The Bertz CT molecular complexity index is 7350. The molecule has 10 aliphatic heterocycles. The van der Waals surface area contributed by atoms with Crippen LogP contribution in [0.4, 0.5) is 17.6 Å². The first kappa shape index (κ1) is 101. The Morgan fingerprint density at radius 2 is 0.601 bits per heavy atom. The zero-order chi connectivity index (χ0) is 102. The lowest BCUT2D eigenvalue weighted by molar-refractivity contribution is -0.139. The molecular formula is C117H112Cl5F4N11O11. The summed E-state index contributed by atoms with van der Waals surface area (Å²) in [5, 5.41) is 7.80. The summed E-state index contributed by atoms with van der Waals surface area (Å²) >= 11 is 32.2. The molecule has 5 fully saturated rings. The molecule has 25 rings (SSSR count). The summed E-state index contributed by atoms with van der Waals surface area (Å²) in [5.41, 5.74) is 20.1. The van der Waals surface area contributed by atoms with Crippen molar-refractivity contribution in [1.82, 2.24) is 54.7 Å². The van der Waals surface area contributed by atoms with E-state index in [1.54, 1.807) is 55.8 Å². The van der Waals surface area contributed by atoms with Gasteiger partial charge in [0.25, 0.3) is 35.4 Å². The highest BCUT2D eigenvalue weighted by Crippen LogP contribution is 2.52. The lowest BCUT2D eigenvalue weighted by Crippen LogP contribution is -2.43. The van der Waals surface area contributed by atoms with Crippen LogP contribution in [0.2, 0.25) is 25.1 Å². The van der Waals surface area contributed by atoms with Crippen LogP contribution in [0.25, 0.3) is 88.3 Å². The first-order valence-corrected chi connectivity index (χ1v) is 53.7. The van der Waals surface area contributed by atoms with Crippen LogP contribution in [-0.4, -0.2) is 188 Å². The van der Waals surface area contributed by atoms with Gasteiger partial charge in [-0.15, -0.1) is 0 Å². The third-order valence-electron chi connectivity index (χ3n) is 30.4. The molecule has 0 spiro atoms. The Morgan fingerprint density at radius 3 is 0.953 bits per heavy atom. The maximum atomic E-state index is 13.9. The first-order chi connectivity index (χ1) is 71.9. The predicted molar refractivity (Wildman–Crippen MR) is 566 cm³/mol. The van der Waals surface area contributed by atoms with E-state index in [0.29, 0.717) is 113 Å². The van der Waals surface area contributed by atoms with E-state index in [2.05, 4.69) is 42.4 Å². The van der Waals surface area contributed by atoms with E-state index >= 15 is 0 Å². The molecule has 6 amide bonds. The highest BCUT2D eigenvalue weighted by molar-refractivity contribution is 6.33. The summed E-state index contributed by atoms with van der Waals surface area (Å²) in [4.78, 5) is 109. The van der Waals surface area contributed by atoms with Crippen LogP contribution in [0.3, 0.4) is 0 Å². The molecule has 5 atom stereocenters. The van der Waals surface area contributed by atoms with Crippen LogP contribution in [0, 0.1) is 5.82 Å². The highest BCUT2D eigenvalue weighted by Gasteiger charge is 2.43. The molecule has 5 aromatic heterocycles. The number of fused-ring (bicyclic) bond motifs is 10. The Hall–Kier alpha value is -12.7. The number of nitrogens with zero attached hydrogens (tertiary/aromatic N) is 10. The molecule has 8 aromatic carbocycles. The standard InChI is InChI=1S/C25H24ClN3O3.C24H20ClF3N2O2.C23H20ClFN2O2.C23H25ClN2O2.C22H23ClN2O2/c1-27-24(30)15-5-6-19-18(7-8-28-21(19)12-15)20-14-17(26)11-16-13-22(32-23(16)20)25(31)29-9-3-2-4-10-29;25-16-10-14-11-21(23(31)30-8-2-1-3-9-30)32-22(14)19(13-16)17-6-7-29-20-12-15(24(26,27)28)4-5-18(17)20;24-15-10-14-11-21(23(28)27-8-2-1-3-9-27)29-22(14)19(12-15)17-6-7-26-20-5-4-16(25)13-18(17)20;24-16-12-15-13-21(23(27)26-10-4-1-5-11-26)28-22(15)19(14-16)17-8-9-25-20-7-3-2-6-18(17)20;23-15-11-14-12-20(22(26)25-9-2-1-3-10-25)27-21(14)18(13-15)16-7-8-24-19-6-4-5-17(16)19/h5-8,11-12,14,22H,2-4,9-10,13H2,1H3,(H,27,30);4-7,10,12-13,21H,1-3,8-9,11H2;4-7,10,12-13,21H,1-3,8-9,11H2;8-9,12,14,21H,1-7,10-11,13H2;7-8,11,13,20H,1-6,9-10,12H2. The number of nitrogens with one attached hydrogen (secondary N) is 1. The van der Waals surface area contributed by atoms with Crippen molar-refractivity contribution in [3.8, 4) is 84.4 Å². The molecule has 0 bridgehead atoms. The van der Waals surface area contributed by atoms with E-state index in [0.717, 1.165) is 270 Å². The average molecular weight is 2100 g/mol. The second-order valence-corrected chi connectivity index (χ2v) is 42.3. The highest BCUT2D eigenvalue weighted by atomic mass is 35.5. The number of hydrogen-bond acceptors (Lipinski definition) is 16. The van der Waals surface area contributed by atoms with Gasteiger partial charge in [-0.05, 0) is 314 Å². The van der Waals surface area contributed by atoms with Crippen molar-refractivity contribution in [2.45, 2.75) is 210 Å². The molecule has 0 radical (unpaired) electrons. The number of pyridine rings is 5. The number of alkyl halides is 3. The van der Waals surface area contributed by atoms with E-state index in [1.807, 2.05) is 104 Å². The molecule has 148 heavy (non-hydrogen) atoms. The van der Waals surface area contributed by atoms with E-state index in [-0.39, 0.29) is 46.8 Å². The number of aryl methyl sites for hydroxylation is 2. The quantitative estimate of drug-likeness (QED) is 0.118. The van der Waals surface area contributed by atoms with Crippen molar-refractivity contribution in [2.24, 2.45) is 0 Å². The SMILES string of the molecule is CNC(=O)c1ccc2c(-c3cc(Cl)cc4c3OC(C(=O)N3CCCCC3)C4)ccnc2c1.O=C(C1Cc2cc(Cl)cc(-c3ccnc4c3CCC4)c2O1)N1CCCCC1.O=C(C1Cc2cc(Cl)cc(-c3ccnc4c3CCCC4)c2O1)N1CCCCC1.O=C(C1Cc2cc(Cl)cc(-c3ccnc4cc(C(F)(F)F)ccc34)c2O1)N1CCCCC1.O=C(C1Cc2cc(Cl)cc(-c3ccnc4ccc(F)cc34)c2O1)N1CCCCC1. The van der Waals surface area contributed by atoms with Crippen molar-refractivity contribution in [3.05, 3.63) is 269 Å². The van der Waals surface area contributed by atoms with Crippen molar-refractivity contribution < 1.29 is 70.0 Å². The summed E-state index contributed by atoms with van der Waals surface area (Å²) < 4.78 is 84.5. The summed E-state index contributed by atoms with van der Waals surface area (Å²) in [6, 6.07) is 41.8. The van der Waals surface area contributed by atoms with Crippen LogP contribution in [0.1, 0.15) is 182 Å². The normalized spacial score (nSPS) is 19.3. The topological polar surface area (TPSA) is 241 Å². The fraction of sp³-hybridized carbons (Fsp3) is 0.376. The van der Waals surface area contributed by atoms with Gasteiger partial charge in [0.1, 0.15) is 34.6 Å². The van der Waals surface area contributed by atoms with Gasteiger partial charge in [-0.3, -0.25) is 53.7 Å². The summed E-state index contributed by atoms with van der Waals surface area (Å²) in [7, 11) is 1.60. The Morgan fingerprint density at radius 1 is 0.304 bits per heavy atom. The molecule has 13 aromatic rings. The number of likely N-dealkylation sites (tertiary alicyclic amines) is 5. The van der Waals surface area contributed by atoms with Crippen LogP contribution in [0.15, 0.2) is 177 Å². The monoisotopic (exact) mass is 2100 g/mol. The number of hydrogen-bond donors (Lipinski definition) is 1. The summed E-state index contributed by atoms with van der Waals surface area (Å²) in [5.74, 6) is 3.38. The third-order valence-corrected chi connectivity index (χ3v) is 31.5. The number of rotatable bonds is 11. The van der Waals surface area contributed by atoms with Crippen LogP contribution < -0.4 is 29.0 Å². The molecule has 15 heterocycles. The largest absolute Gasteiger partial charge is 0.479 e. The van der Waals surface area contributed by atoms with Crippen LogP contribution in [-0.2, 0) is 87.9 Å². The summed E-state index contributed by atoms with van der Waals surface area (Å²) in [6.45, 7) is 8.03. The average Bonchev–Trinajstić information content (AvgIpc) is 1.50. The van der Waals surface area contributed by atoms with Gasteiger partial charge in [0.2, 0.25) is 0 Å². The number of benzene rings is 8. The fourth-order valence-corrected chi connectivity index (χ4v) is 24.3. The minimum atomic E-state index is -4.45. The van der Waals surface area contributed by atoms with Crippen molar-refractivity contribution in [1.29, 1.82) is 0 Å². The molecule has 2 aliphatic carbocycles. The second-order valence-electron chi connectivity index (χ2n) is 40.1. The minimum Gasteiger partial charge on any atom is -0.479 e. The van der Waals surface area contributed by atoms with Gasteiger partial charge in [0, 0.05) is 249 Å². The maximum Gasteiger partial charge on any atom is 0.416 e. The molecule has 1 N–H and O–H groups in total. The Kier molecular flexibility index (Phi) is 30.2. The number of carbonyl (C=O) groups excluding carboxylic acids is 6. The van der Waals surface area contributed by atoms with Gasteiger partial charge >= 0.3 is 6.18 Å². The Labute approximate surface area is 880 Å². The number of halogens is 9. The molecule has 12 aliphatic rings. The van der Waals surface area contributed by atoms with Gasteiger partial charge in [-0.25, -0.2) is 4.39 Å². The number of carbonyl (C=O) groups is 6. The number of ether oxygens (including phenoxy) is 5. The zero-order valence-corrected chi connectivity index (χ0v) is 85.9. The second kappa shape index (κ2) is 44.2. The van der Waals surface area contributed by atoms with Crippen molar-refractivity contribution in [3.63, 3.8) is 0 Å². The fourth-order valence-electron chi connectivity index (χ4n) is 23.1. The lowest BCUT2D eigenvalue weighted by atomic mass is 9.88. The van der Waals surface area contributed by atoms with Gasteiger partial charge < -0.3 is 53.5 Å². The van der Waals surface area contributed by atoms with Gasteiger partial charge in [0.15, 0.2) is 30.5 Å². The van der Waals surface area contributed by atoms with Crippen molar-refractivity contribution >= 4 is 126 Å². The molecule has 22 nitrogen and oxygen atoms in total. The van der Waals surface area contributed by atoms with E-state index < -0.39 is 42.3 Å². The van der Waals surface area contributed by atoms with E-state index in [1.165, 1.54) is 85.4 Å². The molecule has 5 unspecified atom stereocenters. The van der Waals surface area contributed by atoms with Crippen LogP contribution >= 0.6 is 58.0 Å². The predicted octanol–water partition coefficient (Wildman–Crippen LogP) is 23.9. The zero-order valence-electron chi connectivity index (χ0n) is 82.2. The van der Waals surface area contributed by atoms with Gasteiger partial charge in [-0.2, -0.15) is 13.2 Å². The van der Waals surface area contributed by atoms with Gasteiger partial charge in [0.05, 0.1) is 22.1 Å². The molecule has 5 saturated heterocycles. The third kappa shape index (κ3) is 21.5. The summed E-state index contributed by atoms with van der Waals surface area (Å²) in [6.07, 6.45) is 28.3. The minimum absolute atomic E-state index is 0.0302. The smallest absolute Gasteiger partial charge is 0.416 e. The maximum absolute atomic E-state index is 13.9. The first-order valence-electron chi connectivity index (χ1n) is 51.8. The Balaban J connectivity index is 0.000000109. The van der Waals surface area contributed by atoms with E-state index in [4.69, 9.17) is 81.7 Å². The van der Waals surface area contributed by atoms with E-state index in [9.17, 15) is 46.3 Å². The van der Waals surface area contributed by atoms with Gasteiger partial charge in [-0.1, -0.05) is 70.1 Å². The number of amides is 6. The molecule has 31 heteroatoms. The molecular weight excluding hydrogens is 1990 g/mol. The molecule has 764 valence electrons.